The Morgan fingerprint density at radius 2 is 2.07 bits per heavy atom. The molecule has 0 fully saturated rings. The van der Waals surface area contributed by atoms with Gasteiger partial charge in [-0.3, -0.25) is 4.39 Å². The fraction of sp³-hybridized carbons (Fsp3) is 0.909. The van der Waals surface area contributed by atoms with Gasteiger partial charge in [0.25, 0.3) is 0 Å². The molecule has 0 heterocycles. The van der Waals surface area contributed by atoms with Crippen LogP contribution in [0.15, 0.2) is 4.99 Å². The first kappa shape index (κ1) is 13.7. The monoisotopic (exact) mass is 217 g/mol. The van der Waals surface area contributed by atoms with Crippen LogP contribution in [0.3, 0.4) is 0 Å². The Hall–Kier alpha value is -0.270. The van der Waals surface area contributed by atoms with E-state index in [1.807, 2.05) is 13.8 Å². The number of thiocarbonyl (C=S) groups is 1. The highest BCUT2D eigenvalue weighted by atomic mass is 32.1. The maximum Gasteiger partial charge on any atom is 0.0897 e. The van der Waals surface area contributed by atoms with Gasteiger partial charge >= 0.3 is 0 Å². The van der Waals surface area contributed by atoms with E-state index in [2.05, 4.69) is 29.3 Å². The zero-order valence-electron chi connectivity index (χ0n) is 9.35. The summed E-state index contributed by atoms with van der Waals surface area (Å²) in [6, 6.07) is 0. The van der Waals surface area contributed by atoms with Crippen LogP contribution in [0.1, 0.15) is 46.5 Å². The molecule has 3 heteroatoms. The standard InChI is InChI=1S/C11H20FNS/c1-10(6-8-12)5-4-7-11(2,3)13-9-14/h10H,4-8H2,1-3H3. The van der Waals surface area contributed by atoms with Crippen LogP contribution < -0.4 is 0 Å². The molecule has 1 unspecified atom stereocenters. The van der Waals surface area contributed by atoms with Crippen molar-refractivity contribution in [2.24, 2.45) is 10.9 Å². The Kier molecular flexibility index (Phi) is 6.94. The number of alkyl halides is 1. The van der Waals surface area contributed by atoms with Crippen molar-refractivity contribution in [1.29, 1.82) is 0 Å². The molecule has 0 amide bonds. The minimum absolute atomic E-state index is 0.100. The Morgan fingerprint density at radius 1 is 1.43 bits per heavy atom. The van der Waals surface area contributed by atoms with Gasteiger partial charge in [-0.25, -0.2) is 4.99 Å². The minimum atomic E-state index is -0.206. The van der Waals surface area contributed by atoms with Crippen LogP contribution in [0.25, 0.3) is 0 Å². The number of aliphatic imine (C=N–C) groups is 1. The van der Waals surface area contributed by atoms with E-state index in [9.17, 15) is 4.39 Å². The molecule has 0 saturated carbocycles. The molecule has 0 N–H and O–H groups in total. The fourth-order valence-corrected chi connectivity index (χ4v) is 1.64. The maximum absolute atomic E-state index is 12.0. The molecule has 0 saturated heterocycles. The van der Waals surface area contributed by atoms with Gasteiger partial charge in [-0.1, -0.05) is 19.8 Å². The highest BCUT2D eigenvalue weighted by molar-refractivity contribution is 7.78. The van der Waals surface area contributed by atoms with E-state index in [0.717, 1.165) is 19.3 Å². The first-order valence-electron chi connectivity index (χ1n) is 5.17. The zero-order chi connectivity index (χ0) is 11.0. The van der Waals surface area contributed by atoms with Gasteiger partial charge in [0.05, 0.1) is 17.4 Å². The van der Waals surface area contributed by atoms with E-state index < -0.39 is 0 Å². The second-order valence-corrected chi connectivity index (χ2v) is 4.67. The number of halogens is 1. The summed E-state index contributed by atoms with van der Waals surface area (Å²) in [5.41, 5.74) is -0.100. The average Bonchev–Trinajstić information content (AvgIpc) is 2.03. The van der Waals surface area contributed by atoms with E-state index in [0.29, 0.717) is 12.3 Å². The van der Waals surface area contributed by atoms with Gasteiger partial charge in [0.2, 0.25) is 0 Å². The number of nitrogens with zero attached hydrogens (tertiary/aromatic N) is 1. The number of hydrogen-bond donors (Lipinski definition) is 0. The fourth-order valence-electron chi connectivity index (χ4n) is 1.39. The largest absolute Gasteiger partial charge is 0.251 e. The Morgan fingerprint density at radius 3 is 2.57 bits per heavy atom. The molecule has 0 aliphatic heterocycles. The Balaban J connectivity index is 3.67. The molecule has 0 bridgehead atoms. The molecule has 0 aromatic heterocycles. The van der Waals surface area contributed by atoms with E-state index in [4.69, 9.17) is 0 Å². The van der Waals surface area contributed by atoms with Crippen molar-refractivity contribution in [1.82, 2.24) is 0 Å². The number of rotatable bonds is 7. The van der Waals surface area contributed by atoms with Crippen molar-refractivity contribution in [2.75, 3.05) is 6.67 Å². The molecular formula is C11H20FNS. The molecule has 0 radical (unpaired) electrons. The molecule has 0 aromatic carbocycles. The predicted octanol–water partition coefficient (Wildman–Crippen LogP) is 4.03. The van der Waals surface area contributed by atoms with Gasteiger partial charge in [-0.05, 0) is 44.8 Å². The summed E-state index contributed by atoms with van der Waals surface area (Å²) in [6.07, 6.45) is 3.82. The van der Waals surface area contributed by atoms with Gasteiger partial charge in [-0.2, -0.15) is 0 Å². The van der Waals surface area contributed by atoms with E-state index in [1.165, 1.54) is 0 Å². The molecule has 1 atom stereocenters. The second-order valence-electron chi connectivity index (χ2n) is 4.49. The van der Waals surface area contributed by atoms with Crippen molar-refractivity contribution in [3.63, 3.8) is 0 Å². The van der Waals surface area contributed by atoms with Crippen LogP contribution in [-0.4, -0.2) is 17.4 Å². The summed E-state index contributed by atoms with van der Waals surface area (Å²) in [5.74, 6) is 0.479. The van der Waals surface area contributed by atoms with Gasteiger partial charge < -0.3 is 0 Å². The number of isothiocyanates is 1. The third kappa shape index (κ3) is 7.16. The third-order valence-corrected chi connectivity index (χ3v) is 2.53. The smallest absolute Gasteiger partial charge is 0.0897 e. The van der Waals surface area contributed by atoms with Gasteiger partial charge in [0, 0.05) is 0 Å². The SMILES string of the molecule is CC(CCF)CCCC(C)(C)N=C=S. The molecule has 82 valence electrons. The molecule has 0 aromatic rings. The third-order valence-electron chi connectivity index (χ3n) is 2.44. The Bertz CT molecular complexity index is 197. The molecule has 14 heavy (non-hydrogen) atoms. The normalized spacial score (nSPS) is 13.4. The van der Waals surface area contributed by atoms with Crippen molar-refractivity contribution < 1.29 is 4.39 Å². The van der Waals surface area contributed by atoms with Crippen LogP contribution >= 0.6 is 12.2 Å². The topological polar surface area (TPSA) is 12.4 Å². The minimum Gasteiger partial charge on any atom is -0.251 e. The summed E-state index contributed by atoms with van der Waals surface area (Å²) in [6.45, 7) is 5.98. The molecule has 0 rings (SSSR count). The lowest BCUT2D eigenvalue weighted by Gasteiger charge is -2.18. The van der Waals surface area contributed by atoms with E-state index in [1.54, 1.807) is 0 Å². The highest BCUT2D eigenvalue weighted by Crippen LogP contribution is 2.20. The summed E-state index contributed by atoms with van der Waals surface area (Å²) < 4.78 is 12.0. The first-order chi connectivity index (χ1) is 6.52. The van der Waals surface area contributed by atoms with Crippen LogP contribution in [0.5, 0.6) is 0 Å². The van der Waals surface area contributed by atoms with Crippen molar-refractivity contribution in [2.45, 2.75) is 52.0 Å². The van der Waals surface area contributed by atoms with E-state index in [-0.39, 0.29) is 12.2 Å². The molecular weight excluding hydrogens is 197 g/mol. The maximum atomic E-state index is 12.0. The Labute approximate surface area is 91.8 Å². The second kappa shape index (κ2) is 7.08. The highest BCUT2D eigenvalue weighted by Gasteiger charge is 2.15. The van der Waals surface area contributed by atoms with Crippen molar-refractivity contribution in [3.8, 4) is 0 Å². The molecule has 0 aliphatic carbocycles. The van der Waals surface area contributed by atoms with Crippen molar-refractivity contribution >= 4 is 17.4 Å². The lowest BCUT2D eigenvalue weighted by Crippen LogP contribution is -2.16. The number of hydrogen-bond acceptors (Lipinski definition) is 2. The van der Waals surface area contributed by atoms with E-state index >= 15 is 0 Å². The van der Waals surface area contributed by atoms with Crippen LogP contribution in [0.4, 0.5) is 4.39 Å². The molecule has 0 spiro atoms. The summed E-state index contributed by atoms with van der Waals surface area (Å²) in [5, 5.41) is 2.42. The van der Waals surface area contributed by atoms with Gasteiger partial charge in [0.1, 0.15) is 0 Å². The quantitative estimate of drug-likeness (QED) is 0.463. The van der Waals surface area contributed by atoms with Gasteiger partial charge in [-0.15, -0.1) is 0 Å². The predicted molar refractivity (Wildman–Crippen MR) is 62.7 cm³/mol. The summed E-state index contributed by atoms with van der Waals surface area (Å²) >= 11 is 4.58. The van der Waals surface area contributed by atoms with Crippen LogP contribution in [0, 0.1) is 5.92 Å². The van der Waals surface area contributed by atoms with Gasteiger partial charge in [0.15, 0.2) is 0 Å². The van der Waals surface area contributed by atoms with Crippen LogP contribution in [-0.2, 0) is 0 Å². The van der Waals surface area contributed by atoms with Crippen molar-refractivity contribution in [3.05, 3.63) is 0 Å². The molecule has 1 nitrogen and oxygen atoms in total. The summed E-state index contributed by atoms with van der Waals surface area (Å²) in [7, 11) is 0. The first-order valence-corrected chi connectivity index (χ1v) is 5.57. The zero-order valence-corrected chi connectivity index (χ0v) is 10.2. The lowest BCUT2D eigenvalue weighted by atomic mass is 9.94. The lowest BCUT2D eigenvalue weighted by molar-refractivity contribution is 0.363. The van der Waals surface area contributed by atoms with Crippen LogP contribution in [0.2, 0.25) is 0 Å². The average molecular weight is 217 g/mol. The molecule has 0 aliphatic rings. The summed E-state index contributed by atoms with van der Waals surface area (Å²) in [4.78, 5) is 4.09.